The van der Waals surface area contributed by atoms with Gasteiger partial charge >= 0.3 is 0 Å². The maximum Gasteiger partial charge on any atom is 0.292 e. The largest absolute Gasteiger partial charge is 0.483 e. The molecule has 0 fully saturated rings. The summed E-state index contributed by atoms with van der Waals surface area (Å²) >= 11 is 0. The average Bonchev–Trinajstić information content (AvgIpc) is 3.36. The minimum absolute atomic E-state index is 0.0682. The van der Waals surface area contributed by atoms with Crippen LogP contribution in [0.15, 0.2) is 34.9 Å². The summed E-state index contributed by atoms with van der Waals surface area (Å²) in [5.41, 5.74) is 1.85. The molecule has 0 saturated heterocycles. The minimum atomic E-state index is -0.582. The van der Waals surface area contributed by atoms with Crippen LogP contribution < -0.4 is 4.74 Å². The van der Waals surface area contributed by atoms with Gasteiger partial charge < -0.3 is 24.0 Å². The predicted octanol–water partition coefficient (Wildman–Crippen LogP) is 3.82. The van der Waals surface area contributed by atoms with E-state index in [-0.39, 0.29) is 30.1 Å². The lowest BCUT2D eigenvalue weighted by atomic mass is 10.1. The summed E-state index contributed by atoms with van der Waals surface area (Å²) in [5, 5.41) is 4.00. The Morgan fingerprint density at radius 3 is 2.68 bits per heavy atom. The topological polar surface area (TPSA) is 96.2 Å². The van der Waals surface area contributed by atoms with Gasteiger partial charge in [0.05, 0.1) is 5.69 Å². The Balaban J connectivity index is 1.58. The van der Waals surface area contributed by atoms with Gasteiger partial charge in [-0.25, -0.2) is 0 Å². The van der Waals surface area contributed by atoms with Gasteiger partial charge in [0, 0.05) is 40.3 Å². The Kier molecular flexibility index (Phi) is 10.7. The number of fused-ring (bicyclic) bond motifs is 1. The lowest BCUT2D eigenvalue weighted by Crippen LogP contribution is -2.49. The number of amides is 3. The molecule has 0 N–H and O–H groups in total. The summed E-state index contributed by atoms with van der Waals surface area (Å²) in [6.07, 6.45) is 5.27. The third kappa shape index (κ3) is 8.07. The predicted molar refractivity (Wildman–Crippen MR) is 145 cm³/mol. The van der Waals surface area contributed by atoms with Gasteiger partial charge in [0.25, 0.3) is 11.8 Å². The molecule has 2 aromatic rings. The summed E-state index contributed by atoms with van der Waals surface area (Å²) < 4.78 is 11.1. The molecule has 9 nitrogen and oxygen atoms in total. The zero-order valence-corrected chi connectivity index (χ0v) is 23.4. The van der Waals surface area contributed by atoms with E-state index in [1.165, 1.54) is 4.90 Å². The van der Waals surface area contributed by atoms with E-state index in [0.717, 1.165) is 42.7 Å². The Morgan fingerprint density at radius 2 is 1.92 bits per heavy atom. The molecule has 3 amide bonds. The van der Waals surface area contributed by atoms with E-state index in [2.05, 4.69) is 19.0 Å². The van der Waals surface area contributed by atoms with E-state index in [1.807, 2.05) is 24.3 Å². The molecule has 1 atom stereocenters. The molecule has 1 aliphatic heterocycles. The first kappa shape index (κ1) is 29.2. The van der Waals surface area contributed by atoms with E-state index in [1.54, 1.807) is 37.0 Å². The molecule has 2 heterocycles. The van der Waals surface area contributed by atoms with Crippen LogP contribution in [0.4, 0.5) is 0 Å². The monoisotopic (exact) mass is 526 g/mol. The van der Waals surface area contributed by atoms with Gasteiger partial charge in [0.15, 0.2) is 6.61 Å². The molecule has 0 spiro atoms. The van der Waals surface area contributed by atoms with Gasteiger partial charge in [-0.15, -0.1) is 0 Å². The van der Waals surface area contributed by atoms with Gasteiger partial charge in [-0.05, 0) is 62.5 Å². The summed E-state index contributed by atoms with van der Waals surface area (Å²) in [6, 6.07) is 8.91. The third-order valence-electron chi connectivity index (χ3n) is 6.99. The number of likely N-dealkylation sites (N-methyl/N-ethyl adjacent to an activating group) is 2. The Morgan fingerprint density at radius 1 is 1.16 bits per heavy atom. The van der Waals surface area contributed by atoms with Crippen LogP contribution in [0.5, 0.6) is 5.75 Å². The van der Waals surface area contributed by atoms with E-state index in [9.17, 15) is 14.4 Å². The van der Waals surface area contributed by atoms with Crippen molar-refractivity contribution in [2.24, 2.45) is 5.92 Å². The van der Waals surface area contributed by atoms with Crippen LogP contribution in [-0.4, -0.2) is 84.5 Å². The van der Waals surface area contributed by atoms with Crippen molar-refractivity contribution in [3.05, 3.63) is 47.3 Å². The molecule has 1 aromatic carbocycles. The van der Waals surface area contributed by atoms with E-state index in [4.69, 9.17) is 9.26 Å². The number of aryl methyl sites for hydroxylation is 1. The van der Waals surface area contributed by atoms with Crippen LogP contribution in [0, 0.1) is 5.92 Å². The van der Waals surface area contributed by atoms with E-state index in [0.29, 0.717) is 38.3 Å². The van der Waals surface area contributed by atoms with Gasteiger partial charge in [-0.1, -0.05) is 37.2 Å². The second-order valence-corrected chi connectivity index (χ2v) is 10.6. The summed E-state index contributed by atoms with van der Waals surface area (Å²) in [6.45, 7) is 5.20. The standard InChI is InChI=1S/C29H42N4O5/c1-21(2)18-23-19-26(38-30-23)29(36)32(4)17-11-9-14-24-28(35)31(3)16-10-8-13-22-12-6-7-15-25(22)37-20-27(34)33(24)5/h6-7,12,15,19,21,24H,8-11,13-14,16-18,20H2,1-5H3/t24-/m0/s1. The number of benzene rings is 1. The number of hydrogen-bond acceptors (Lipinski definition) is 6. The molecule has 1 aliphatic rings. The molecule has 1 aromatic heterocycles. The molecule has 38 heavy (non-hydrogen) atoms. The van der Waals surface area contributed by atoms with Crippen molar-refractivity contribution in [3.8, 4) is 5.75 Å². The molecule has 208 valence electrons. The van der Waals surface area contributed by atoms with Crippen molar-refractivity contribution in [2.45, 2.75) is 64.8 Å². The first-order valence-electron chi connectivity index (χ1n) is 13.6. The lowest BCUT2D eigenvalue weighted by Gasteiger charge is -2.31. The van der Waals surface area contributed by atoms with Gasteiger partial charge in [0.1, 0.15) is 11.8 Å². The number of nitrogens with zero attached hydrogens (tertiary/aromatic N) is 4. The van der Waals surface area contributed by atoms with Crippen LogP contribution in [0.2, 0.25) is 0 Å². The zero-order chi connectivity index (χ0) is 27.7. The molecule has 3 rings (SSSR count). The first-order chi connectivity index (χ1) is 18.2. The highest BCUT2D eigenvalue weighted by Crippen LogP contribution is 2.22. The van der Waals surface area contributed by atoms with Crippen LogP contribution in [0.1, 0.15) is 67.8 Å². The van der Waals surface area contributed by atoms with Gasteiger partial charge in [-0.3, -0.25) is 14.4 Å². The highest BCUT2D eigenvalue weighted by Gasteiger charge is 2.29. The fraction of sp³-hybridized carbons (Fsp3) is 0.586. The Labute approximate surface area is 226 Å². The van der Waals surface area contributed by atoms with Crippen molar-refractivity contribution in [1.29, 1.82) is 0 Å². The van der Waals surface area contributed by atoms with Crippen LogP contribution in [0.25, 0.3) is 0 Å². The van der Waals surface area contributed by atoms with Crippen LogP contribution in [-0.2, 0) is 22.4 Å². The van der Waals surface area contributed by atoms with Crippen molar-refractivity contribution in [3.63, 3.8) is 0 Å². The van der Waals surface area contributed by atoms with Gasteiger partial charge in [0.2, 0.25) is 11.7 Å². The number of hydrogen-bond donors (Lipinski definition) is 0. The summed E-state index contributed by atoms with van der Waals surface area (Å²) in [5.74, 6) is 0.870. The molecular formula is C29H42N4O5. The SMILES string of the molecule is CC(C)Cc1cc(C(=O)N(C)CCCC[C@H]2C(=O)N(C)CCCCc3ccccc3OCC(=O)N2C)on1. The average molecular weight is 527 g/mol. The molecule has 0 radical (unpaired) electrons. The van der Waals surface area contributed by atoms with Crippen molar-refractivity contribution >= 4 is 17.7 Å². The molecular weight excluding hydrogens is 484 g/mol. The highest BCUT2D eigenvalue weighted by atomic mass is 16.5. The Bertz CT molecular complexity index is 1080. The first-order valence-corrected chi connectivity index (χ1v) is 13.6. The van der Waals surface area contributed by atoms with E-state index < -0.39 is 6.04 Å². The maximum absolute atomic E-state index is 13.3. The van der Waals surface area contributed by atoms with E-state index >= 15 is 0 Å². The number of unbranched alkanes of at least 4 members (excludes halogenated alkanes) is 1. The van der Waals surface area contributed by atoms with Crippen molar-refractivity contribution in [1.82, 2.24) is 19.9 Å². The second kappa shape index (κ2) is 14.0. The Hall–Kier alpha value is -3.36. The molecule has 9 heteroatoms. The maximum atomic E-state index is 13.3. The fourth-order valence-electron chi connectivity index (χ4n) is 4.68. The van der Waals surface area contributed by atoms with Crippen molar-refractivity contribution < 1.29 is 23.6 Å². The zero-order valence-electron chi connectivity index (χ0n) is 23.4. The highest BCUT2D eigenvalue weighted by molar-refractivity contribution is 5.91. The number of carbonyl (C=O) groups is 3. The fourth-order valence-corrected chi connectivity index (χ4v) is 4.68. The minimum Gasteiger partial charge on any atom is -0.483 e. The molecule has 0 bridgehead atoms. The number of rotatable bonds is 8. The smallest absolute Gasteiger partial charge is 0.292 e. The van der Waals surface area contributed by atoms with Gasteiger partial charge in [-0.2, -0.15) is 0 Å². The number of aromatic nitrogens is 1. The molecule has 0 saturated carbocycles. The number of para-hydroxylation sites is 1. The third-order valence-corrected chi connectivity index (χ3v) is 6.99. The number of carbonyl (C=O) groups excluding carboxylic acids is 3. The van der Waals surface area contributed by atoms with Crippen LogP contribution >= 0.6 is 0 Å². The molecule has 0 unspecified atom stereocenters. The lowest BCUT2D eigenvalue weighted by molar-refractivity contribution is -0.145. The van der Waals surface area contributed by atoms with Crippen molar-refractivity contribution in [2.75, 3.05) is 40.8 Å². The quantitative estimate of drug-likeness (QED) is 0.486. The second-order valence-electron chi connectivity index (χ2n) is 10.6. The summed E-state index contributed by atoms with van der Waals surface area (Å²) in [4.78, 5) is 43.9. The molecule has 0 aliphatic carbocycles. The normalized spacial score (nSPS) is 17.4. The summed E-state index contributed by atoms with van der Waals surface area (Å²) in [7, 11) is 5.20. The van der Waals surface area contributed by atoms with Crippen LogP contribution in [0.3, 0.4) is 0 Å². The number of ether oxygens (including phenoxy) is 1.